The number of carbonyl (C=O) groups excluding carboxylic acids is 1. The van der Waals surface area contributed by atoms with E-state index >= 15 is 0 Å². The van der Waals surface area contributed by atoms with Crippen LogP contribution in [0.4, 0.5) is 11.4 Å². The lowest BCUT2D eigenvalue weighted by molar-refractivity contribution is -0.385. The van der Waals surface area contributed by atoms with Gasteiger partial charge in [-0.2, -0.15) is 0 Å². The molecule has 0 atom stereocenters. The minimum atomic E-state index is -1.54. The Bertz CT molecular complexity index is 482. The summed E-state index contributed by atoms with van der Waals surface area (Å²) in [6.45, 7) is 2.36. The van der Waals surface area contributed by atoms with Crippen molar-refractivity contribution >= 4 is 17.3 Å². The zero-order valence-electron chi connectivity index (χ0n) is 9.50. The Labute approximate surface area is 103 Å². The molecule has 0 radical (unpaired) electrons. The first-order chi connectivity index (χ1) is 8.59. The molecule has 7 nitrogen and oxygen atoms in total. The Hall–Kier alpha value is -2.15. The highest BCUT2D eigenvalue weighted by Gasteiger charge is 2.18. The molecule has 1 heterocycles. The normalized spacial score (nSPS) is 15.4. The van der Waals surface area contributed by atoms with Crippen molar-refractivity contribution in [1.82, 2.24) is 0 Å². The van der Waals surface area contributed by atoms with E-state index in [1.807, 2.05) is 4.90 Å². The van der Waals surface area contributed by atoms with Gasteiger partial charge in [0.1, 0.15) is 0 Å². The van der Waals surface area contributed by atoms with E-state index in [2.05, 4.69) is 0 Å². The van der Waals surface area contributed by atoms with Crippen LogP contribution in [-0.4, -0.2) is 37.2 Å². The minimum absolute atomic E-state index is 0.399. The lowest BCUT2D eigenvalue weighted by Gasteiger charge is -2.29. The second-order valence-corrected chi connectivity index (χ2v) is 3.85. The van der Waals surface area contributed by atoms with E-state index in [9.17, 15) is 20.0 Å². The number of nitrogens with zero attached hydrogens (tertiary/aromatic N) is 2. The van der Waals surface area contributed by atoms with E-state index in [1.54, 1.807) is 0 Å². The summed E-state index contributed by atoms with van der Waals surface area (Å²) in [7, 11) is 0. The van der Waals surface area contributed by atoms with Crippen molar-refractivity contribution in [2.45, 2.75) is 0 Å². The molecule has 2 rings (SSSR count). The number of nitro benzene ring substituents is 1. The minimum Gasteiger partial charge on any atom is -0.545 e. The number of morpholine rings is 1. The van der Waals surface area contributed by atoms with Gasteiger partial charge in [0.25, 0.3) is 5.69 Å². The van der Waals surface area contributed by atoms with E-state index in [4.69, 9.17) is 4.74 Å². The molecule has 1 aromatic carbocycles. The number of ether oxygens (including phenoxy) is 1. The van der Waals surface area contributed by atoms with E-state index in [-0.39, 0.29) is 0 Å². The van der Waals surface area contributed by atoms with Gasteiger partial charge in [0.05, 0.1) is 29.7 Å². The lowest BCUT2D eigenvalue weighted by atomic mass is 10.1. The average molecular weight is 251 g/mol. The van der Waals surface area contributed by atoms with E-state index in [0.717, 1.165) is 0 Å². The summed E-state index contributed by atoms with van der Waals surface area (Å²) < 4.78 is 5.18. The maximum Gasteiger partial charge on any atom is 0.278 e. The Morgan fingerprint density at radius 1 is 1.33 bits per heavy atom. The Balaban J connectivity index is 2.36. The van der Waals surface area contributed by atoms with Crippen molar-refractivity contribution in [1.29, 1.82) is 0 Å². The van der Waals surface area contributed by atoms with Crippen LogP contribution >= 0.6 is 0 Å². The Kier molecular flexibility index (Phi) is 3.42. The zero-order chi connectivity index (χ0) is 13.1. The first kappa shape index (κ1) is 12.3. The molecule has 1 aliphatic rings. The molecular formula is C11H11N2O5-. The van der Waals surface area contributed by atoms with Crippen LogP contribution in [0.3, 0.4) is 0 Å². The number of carbonyl (C=O) groups is 1. The van der Waals surface area contributed by atoms with Crippen molar-refractivity contribution in [3.8, 4) is 0 Å². The van der Waals surface area contributed by atoms with Gasteiger partial charge in [-0.15, -0.1) is 0 Å². The van der Waals surface area contributed by atoms with E-state index in [1.165, 1.54) is 18.2 Å². The van der Waals surface area contributed by atoms with Crippen molar-refractivity contribution < 1.29 is 19.6 Å². The zero-order valence-corrected chi connectivity index (χ0v) is 9.50. The van der Waals surface area contributed by atoms with Gasteiger partial charge in [-0.05, 0) is 12.1 Å². The van der Waals surface area contributed by atoms with Crippen LogP contribution in [0.2, 0.25) is 0 Å². The highest BCUT2D eigenvalue weighted by atomic mass is 16.6. The molecule has 1 fully saturated rings. The van der Waals surface area contributed by atoms with Crippen LogP contribution in [0.25, 0.3) is 0 Å². The number of benzene rings is 1. The highest BCUT2D eigenvalue weighted by molar-refractivity contribution is 5.92. The summed E-state index contributed by atoms with van der Waals surface area (Å²) in [5.74, 6) is -1.54. The monoisotopic (exact) mass is 251 g/mol. The second-order valence-electron chi connectivity index (χ2n) is 3.85. The third-order valence-corrected chi connectivity index (χ3v) is 2.77. The number of hydrogen-bond acceptors (Lipinski definition) is 6. The van der Waals surface area contributed by atoms with Crippen LogP contribution in [0.15, 0.2) is 18.2 Å². The summed E-state index contributed by atoms with van der Waals surface area (Å²) in [5.41, 5.74) is -0.223. The van der Waals surface area contributed by atoms with Gasteiger partial charge in [0, 0.05) is 24.8 Å². The quantitative estimate of drug-likeness (QED) is 0.545. The standard InChI is InChI=1S/C11H12N2O5/c14-11(15)9-7-8(1-2-10(9)13(16)17)12-3-5-18-6-4-12/h1-2,7H,3-6H2,(H,14,15)/p-1. The topological polar surface area (TPSA) is 95.7 Å². The summed E-state index contributed by atoms with van der Waals surface area (Å²) in [6, 6.07) is 4.00. The molecule has 0 saturated carbocycles. The lowest BCUT2D eigenvalue weighted by Crippen LogP contribution is -2.36. The molecule has 0 spiro atoms. The predicted molar refractivity (Wildman–Crippen MR) is 60.5 cm³/mol. The molecule has 1 saturated heterocycles. The third kappa shape index (κ3) is 2.40. The molecule has 96 valence electrons. The number of nitro groups is 1. The summed E-state index contributed by atoms with van der Waals surface area (Å²) in [4.78, 5) is 22.8. The number of anilines is 1. The molecule has 18 heavy (non-hydrogen) atoms. The Morgan fingerprint density at radius 3 is 2.56 bits per heavy atom. The van der Waals surface area contributed by atoms with Crippen molar-refractivity contribution in [2.75, 3.05) is 31.2 Å². The molecule has 0 bridgehead atoms. The smallest absolute Gasteiger partial charge is 0.278 e. The van der Waals surface area contributed by atoms with Crippen LogP contribution < -0.4 is 10.0 Å². The molecule has 0 amide bonds. The van der Waals surface area contributed by atoms with Crippen molar-refractivity contribution in [3.63, 3.8) is 0 Å². The number of carboxylic acid groups (broad SMARTS) is 1. The number of rotatable bonds is 3. The maximum absolute atomic E-state index is 10.9. The van der Waals surface area contributed by atoms with Gasteiger partial charge >= 0.3 is 0 Å². The molecule has 1 aromatic rings. The van der Waals surface area contributed by atoms with Crippen LogP contribution in [0.1, 0.15) is 10.4 Å². The molecular weight excluding hydrogens is 240 g/mol. The molecule has 7 heteroatoms. The highest BCUT2D eigenvalue weighted by Crippen LogP contribution is 2.25. The van der Waals surface area contributed by atoms with Gasteiger partial charge < -0.3 is 19.5 Å². The fourth-order valence-corrected chi connectivity index (χ4v) is 1.86. The summed E-state index contributed by atoms with van der Waals surface area (Å²) in [5, 5.41) is 21.6. The fraction of sp³-hybridized carbons (Fsp3) is 0.364. The number of aromatic carboxylic acids is 1. The first-order valence-electron chi connectivity index (χ1n) is 5.42. The first-order valence-corrected chi connectivity index (χ1v) is 5.42. The molecule has 0 aromatic heterocycles. The van der Waals surface area contributed by atoms with Crippen LogP contribution in [0, 0.1) is 10.1 Å². The summed E-state index contributed by atoms with van der Waals surface area (Å²) >= 11 is 0. The molecule has 0 N–H and O–H groups in total. The SMILES string of the molecule is O=C([O-])c1cc(N2CCOCC2)ccc1[N+](=O)[O-]. The van der Waals surface area contributed by atoms with Gasteiger partial charge in [0.15, 0.2) is 0 Å². The number of carboxylic acids is 1. The third-order valence-electron chi connectivity index (χ3n) is 2.77. The van der Waals surface area contributed by atoms with Gasteiger partial charge in [-0.25, -0.2) is 0 Å². The van der Waals surface area contributed by atoms with Crippen LogP contribution in [-0.2, 0) is 4.74 Å². The fourth-order valence-electron chi connectivity index (χ4n) is 1.86. The van der Waals surface area contributed by atoms with Gasteiger partial charge in [-0.1, -0.05) is 0 Å². The largest absolute Gasteiger partial charge is 0.545 e. The predicted octanol–water partition coefficient (Wildman–Crippen LogP) is -0.205. The van der Waals surface area contributed by atoms with E-state index < -0.39 is 22.1 Å². The van der Waals surface area contributed by atoms with Crippen molar-refractivity contribution in [2.24, 2.45) is 0 Å². The number of hydrogen-bond donors (Lipinski definition) is 0. The summed E-state index contributed by atoms with van der Waals surface area (Å²) in [6.07, 6.45) is 0. The van der Waals surface area contributed by atoms with Crippen LogP contribution in [0.5, 0.6) is 0 Å². The maximum atomic E-state index is 10.9. The molecule has 0 unspecified atom stereocenters. The van der Waals surface area contributed by atoms with Gasteiger partial charge in [0.2, 0.25) is 0 Å². The second kappa shape index (κ2) is 5.01. The average Bonchev–Trinajstić information content (AvgIpc) is 2.39. The molecule has 0 aliphatic carbocycles. The van der Waals surface area contributed by atoms with Crippen molar-refractivity contribution in [3.05, 3.63) is 33.9 Å². The van der Waals surface area contributed by atoms with E-state index in [0.29, 0.717) is 32.0 Å². The molecule has 1 aliphatic heterocycles. The van der Waals surface area contributed by atoms with Gasteiger partial charge in [-0.3, -0.25) is 10.1 Å². The Morgan fingerprint density at radius 2 is 2.00 bits per heavy atom.